The summed E-state index contributed by atoms with van der Waals surface area (Å²) in [5.74, 6) is 0. The van der Waals surface area contributed by atoms with Crippen molar-refractivity contribution in [2.75, 3.05) is 12.5 Å². The molecule has 0 N–H and O–H groups in total. The molecule has 0 aliphatic rings. The Bertz CT molecular complexity index is 772. The molecule has 9 heteroatoms. The minimum Gasteiger partial charge on any atom is -0.519 e. The van der Waals surface area contributed by atoms with Gasteiger partial charge in [0.25, 0.3) is 0 Å². The van der Waals surface area contributed by atoms with Crippen LogP contribution in [0.15, 0.2) is 70.9 Å². The van der Waals surface area contributed by atoms with Gasteiger partial charge in [-0.05, 0) is 36.5 Å². The van der Waals surface area contributed by atoms with E-state index in [0.717, 1.165) is 35.4 Å². The fourth-order valence-corrected chi connectivity index (χ4v) is 2.55. The predicted octanol–water partition coefficient (Wildman–Crippen LogP) is 5.81. The summed E-state index contributed by atoms with van der Waals surface area (Å²) in [6.45, 7) is 4.14. The van der Waals surface area contributed by atoms with Crippen molar-refractivity contribution in [3.63, 3.8) is 0 Å². The number of benzene rings is 2. The molecule has 0 aliphatic heterocycles. The van der Waals surface area contributed by atoms with Gasteiger partial charge in [0.1, 0.15) is 0 Å². The van der Waals surface area contributed by atoms with E-state index in [0.29, 0.717) is 8.64 Å². The zero-order chi connectivity index (χ0) is 22.2. The molecule has 0 fully saturated rings. The van der Waals surface area contributed by atoms with Crippen molar-refractivity contribution >= 4 is 68.0 Å². The second-order valence-corrected chi connectivity index (χ2v) is 8.75. The first-order valence-electron chi connectivity index (χ1n) is 9.41. The standard InChI is InChI=1S/2C11H14N2S2.Ni/c2*1-3-10(12-13-11(14)15-2)9-7-5-4-6-8-9;/h2*4-8H,3H2,1-2H3,(H,13,14);. The number of hydrogen-bond donors (Lipinski definition) is 0. The zero-order valence-electron chi connectivity index (χ0n) is 18.0. The molecule has 0 amide bonds. The number of rotatable bonds is 6. The Kier molecular flexibility index (Phi) is 17.6. The summed E-state index contributed by atoms with van der Waals surface area (Å²) in [5.41, 5.74) is 12.2. The SMILES string of the molecule is CCC(=N[N-]C(=[SH+])SC)c1ccccc1.CCC(=N[N-]C(=[SH+])SC)c1ccccc1.[Ni]. The molecule has 0 spiro atoms. The number of thioether (sulfide) groups is 2. The Hall–Kier alpha value is -1.25. The molecule has 2 rings (SSSR count). The van der Waals surface area contributed by atoms with E-state index >= 15 is 0 Å². The third-order valence-electron chi connectivity index (χ3n) is 3.76. The van der Waals surface area contributed by atoms with Crippen LogP contribution in [0.5, 0.6) is 0 Å². The van der Waals surface area contributed by atoms with E-state index in [1.165, 1.54) is 23.5 Å². The molecule has 0 aliphatic carbocycles. The molecule has 170 valence electrons. The van der Waals surface area contributed by atoms with Gasteiger partial charge in [-0.25, -0.2) is 0 Å². The van der Waals surface area contributed by atoms with Gasteiger partial charge in [-0.1, -0.05) is 98.0 Å². The van der Waals surface area contributed by atoms with Crippen molar-refractivity contribution in [2.24, 2.45) is 10.2 Å². The summed E-state index contributed by atoms with van der Waals surface area (Å²) in [6.07, 6.45) is 5.58. The molecule has 31 heavy (non-hydrogen) atoms. The zero-order valence-corrected chi connectivity index (χ0v) is 22.4. The van der Waals surface area contributed by atoms with Crippen LogP contribution in [0, 0.1) is 0 Å². The van der Waals surface area contributed by atoms with Crippen molar-refractivity contribution < 1.29 is 16.5 Å². The van der Waals surface area contributed by atoms with E-state index in [4.69, 9.17) is 0 Å². The van der Waals surface area contributed by atoms with Crippen LogP contribution in [0.4, 0.5) is 0 Å². The normalized spacial score (nSPS) is 10.8. The average Bonchev–Trinajstić information content (AvgIpc) is 2.81. The average molecular weight is 535 g/mol. The number of nitrogens with zero attached hydrogens (tertiary/aromatic N) is 4. The summed E-state index contributed by atoms with van der Waals surface area (Å²) in [4.78, 5) is 0. The van der Waals surface area contributed by atoms with Crippen LogP contribution in [0.3, 0.4) is 0 Å². The molecule has 4 nitrogen and oxygen atoms in total. The Morgan fingerprint density at radius 3 is 1.29 bits per heavy atom. The van der Waals surface area contributed by atoms with E-state index < -0.39 is 0 Å². The van der Waals surface area contributed by atoms with Crippen molar-refractivity contribution in [3.8, 4) is 0 Å². The second kappa shape index (κ2) is 18.3. The van der Waals surface area contributed by atoms with Crippen molar-refractivity contribution in [2.45, 2.75) is 26.7 Å². The smallest absolute Gasteiger partial charge is 0.174 e. The summed E-state index contributed by atoms with van der Waals surface area (Å²) in [6, 6.07) is 20.1. The van der Waals surface area contributed by atoms with Gasteiger partial charge >= 0.3 is 0 Å². The molecule has 0 radical (unpaired) electrons. The molecule has 0 atom stereocenters. The first-order chi connectivity index (χ1) is 14.5. The van der Waals surface area contributed by atoms with E-state index in [1.54, 1.807) is 0 Å². The maximum absolute atomic E-state index is 4.19. The molecule has 0 aromatic heterocycles. The maximum atomic E-state index is 4.19. The molecule has 0 saturated heterocycles. The molecular weight excluding hydrogens is 507 g/mol. The van der Waals surface area contributed by atoms with Crippen molar-refractivity contribution in [1.82, 2.24) is 0 Å². The van der Waals surface area contributed by atoms with E-state index in [1.807, 2.05) is 73.2 Å². The van der Waals surface area contributed by atoms with Gasteiger partial charge < -0.3 is 21.1 Å². The van der Waals surface area contributed by atoms with Crippen LogP contribution in [-0.2, 0) is 40.9 Å². The largest absolute Gasteiger partial charge is 0.519 e. The van der Waals surface area contributed by atoms with Crippen LogP contribution < -0.4 is 0 Å². The van der Waals surface area contributed by atoms with Crippen molar-refractivity contribution in [1.29, 1.82) is 0 Å². The maximum Gasteiger partial charge on any atom is 0.174 e. The summed E-state index contributed by atoms with van der Waals surface area (Å²) >= 11 is 11.3. The molecule has 2 aromatic carbocycles. The molecule has 0 bridgehead atoms. The number of hydrogen-bond acceptors (Lipinski definition) is 4. The monoisotopic (exact) mass is 534 g/mol. The van der Waals surface area contributed by atoms with Crippen LogP contribution in [-0.4, -0.2) is 32.6 Å². The van der Waals surface area contributed by atoms with Gasteiger partial charge in [0.15, 0.2) is 33.1 Å². The molecule has 0 heterocycles. The quantitative estimate of drug-likeness (QED) is 0.117. The Balaban J connectivity index is 0.000000562. The first kappa shape index (κ1) is 29.8. The van der Waals surface area contributed by atoms with Crippen LogP contribution >= 0.6 is 23.5 Å². The van der Waals surface area contributed by atoms with E-state index in [2.05, 4.69) is 59.3 Å². The molecule has 0 unspecified atom stereocenters. The Morgan fingerprint density at radius 1 is 0.710 bits per heavy atom. The van der Waals surface area contributed by atoms with Gasteiger partial charge in [0.2, 0.25) is 0 Å². The van der Waals surface area contributed by atoms with E-state index in [9.17, 15) is 0 Å². The third-order valence-corrected chi connectivity index (χ3v) is 5.93. The topological polar surface area (TPSA) is 52.9 Å². The van der Waals surface area contributed by atoms with Gasteiger partial charge in [-0.15, -0.1) is 0 Å². The van der Waals surface area contributed by atoms with Gasteiger partial charge in [-0.2, -0.15) is 0 Å². The summed E-state index contributed by atoms with van der Waals surface area (Å²) in [5, 5.41) is 8.38. The molecule has 0 saturated carbocycles. The van der Waals surface area contributed by atoms with Crippen LogP contribution in [0.2, 0.25) is 0 Å². The van der Waals surface area contributed by atoms with E-state index in [-0.39, 0.29) is 16.5 Å². The first-order valence-corrected chi connectivity index (χ1v) is 12.8. The van der Waals surface area contributed by atoms with Gasteiger partial charge in [0, 0.05) is 27.9 Å². The number of thiol groups is 2. The third kappa shape index (κ3) is 12.4. The summed E-state index contributed by atoms with van der Waals surface area (Å²) < 4.78 is 1.36. The van der Waals surface area contributed by atoms with Crippen molar-refractivity contribution in [3.05, 3.63) is 82.6 Å². The summed E-state index contributed by atoms with van der Waals surface area (Å²) in [7, 11) is 0. The van der Waals surface area contributed by atoms with Gasteiger partial charge in [-0.3, -0.25) is 0 Å². The fraction of sp³-hybridized carbons (Fsp3) is 0.273. The van der Waals surface area contributed by atoms with Crippen LogP contribution in [0.1, 0.15) is 37.8 Å². The molecular formula is C22H28N4NiS4. The Labute approximate surface area is 215 Å². The van der Waals surface area contributed by atoms with Crippen LogP contribution in [0.25, 0.3) is 10.9 Å². The van der Waals surface area contributed by atoms with Gasteiger partial charge in [0.05, 0.1) is 0 Å². The minimum absolute atomic E-state index is 0. The fourth-order valence-electron chi connectivity index (χ4n) is 2.21. The second-order valence-electron chi connectivity index (χ2n) is 5.71. The molecule has 2 aromatic rings. The Morgan fingerprint density at radius 2 is 1.03 bits per heavy atom. The minimum atomic E-state index is 0. The predicted molar refractivity (Wildman–Crippen MR) is 148 cm³/mol.